The summed E-state index contributed by atoms with van der Waals surface area (Å²) in [7, 11) is 3.58. The second kappa shape index (κ2) is 2.47. The molecule has 2 rings (SSSR count). The Morgan fingerprint density at radius 3 is 2.38 bits per heavy atom. The fourth-order valence-electron chi connectivity index (χ4n) is 2.24. The van der Waals surface area contributed by atoms with Crippen LogP contribution in [0.15, 0.2) is 0 Å². The van der Waals surface area contributed by atoms with Crippen LogP contribution in [0.5, 0.6) is 0 Å². The summed E-state index contributed by atoms with van der Waals surface area (Å²) in [4.78, 5) is 26.4. The largest absolute Gasteiger partial charge is 0.346 e. The van der Waals surface area contributed by atoms with Gasteiger partial charge in [-0.2, -0.15) is 0 Å². The van der Waals surface area contributed by atoms with E-state index in [2.05, 4.69) is 0 Å². The minimum atomic E-state index is -0.321. The van der Waals surface area contributed by atoms with Crippen molar-refractivity contribution in [3.63, 3.8) is 0 Å². The molecule has 2 saturated heterocycles. The van der Waals surface area contributed by atoms with Crippen LogP contribution in [-0.2, 0) is 9.59 Å². The molecular formula is C9H14N2O2. The minimum absolute atomic E-state index is 0.104. The van der Waals surface area contributed by atoms with E-state index in [-0.39, 0.29) is 17.2 Å². The molecule has 0 bridgehead atoms. The third-order valence-corrected chi connectivity index (χ3v) is 3.18. The van der Waals surface area contributed by atoms with Crippen LogP contribution in [0.2, 0.25) is 0 Å². The maximum atomic E-state index is 11.5. The smallest absolute Gasteiger partial charge is 0.230 e. The second-order valence-electron chi connectivity index (χ2n) is 4.18. The molecule has 2 fully saturated rings. The van der Waals surface area contributed by atoms with Gasteiger partial charge in [0, 0.05) is 33.6 Å². The van der Waals surface area contributed by atoms with Crippen molar-refractivity contribution < 1.29 is 9.59 Å². The molecule has 0 N–H and O–H groups in total. The van der Waals surface area contributed by atoms with Gasteiger partial charge in [-0.25, -0.2) is 0 Å². The van der Waals surface area contributed by atoms with Crippen molar-refractivity contribution in [3.8, 4) is 0 Å². The van der Waals surface area contributed by atoms with Crippen LogP contribution >= 0.6 is 0 Å². The Hall–Kier alpha value is -1.06. The third-order valence-electron chi connectivity index (χ3n) is 3.18. The first-order valence-corrected chi connectivity index (χ1v) is 4.55. The first-order valence-electron chi connectivity index (χ1n) is 4.55. The third kappa shape index (κ3) is 1.04. The average Bonchev–Trinajstić information content (AvgIpc) is 2.11. The highest BCUT2D eigenvalue weighted by Crippen LogP contribution is 2.40. The number of amides is 2. The fraction of sp³-hybridized carbons (Fsp3) is 0.778. The molecule has 0 radical (unpaired) electrons. The first kappa shape index (κ1) is 8.53. The molecule has 0 aliphatic carbocycles. The zero-order valence-corrected chi connectivity index (χ0v) is 8.04. The van der Waals surface area contributed by atoms with Crippen molar-refractivity contribution in [1.82, 2.24) is 9.80 Å². The van der Waals surface area contributed by atoms with E-state index < -0.39 is 0 Å². The molecule has 13 heavy (non-hydrogen) atoms. The molecule has 0 saturated carbocycles. The predicted molar refractivity (Wildman–Crippen MR) is 46.9 cm³/mol. The molecule has 2 aliphatic rings. The van der Waals surface area contributed by atoms with Gasteiger partial charge in [0.1, 0.15) is 0 Å². The predicted octanol–water partition coefficient (Wildman–Crippen LogP) is -0.303. The molecule has 0 aromatic carbocycles. The van der Waals surface area contributed by atoms with E-state index >= 15 is 0 Å². The monoisotopic (exact) mass is 182 g/mol. The summed E-state index contributed by atoms with van der Waals surface area (Å²) in [5.41, 5.74) is -0.321. The summed E-state index contributed by atoms with van der Waals surface area (Å²) in [5.74, 6) is 0.252. The van der Waals surface area contributed by atoms with Crippen molar-refractivity contribution in [2.45, 2.75) is 12.8 Å². The molecule has 4 nitrogen and oxygen atoms in total. The number of nitrogens with zero attached hydrogens (tertiary/aromatic N) is 2. The van der Waals surface area contributed by atoms with Crippen molar-refractivity contribution in [2.75, 3.05) is 27.2 Å². The van der Waals surface area contributed by atoms with E-state index in [9.17, 15) is 9.59 Å². The van der Waals surface area contributed by atoms with Gasteiger partial charge in [-0.05, 0) is 6.42 Å². The zero-order valence-electron chi connectivity index (χ0n) is 8.04. The van der Waals surface area contributed by atoms with E-state index in [0.717, 1.165) is 19.5 Å². The maximum Gasteiger partial charge on any atom is 0.230 e. The number of rotatable bonds is 0. The normalized spacial score (nSPS) is 34.0. The zero-order chi connectivity index (χ0) is 9.64. The molecular weight excluding hydrogens is 168 g/mol. The lowest BCUT2D eigenvalue weighted by atomic mass is 9.71. The number of carbonyl (C=O) groups is 2. The number of likely N-dealkylation sites (tertiary alicyclic amines) is 2. The van der Waals surface area contributed by atoms with E-state index in [4.69, 9.17) is 0 Å². The highest BCUT2D eigenvalue weighted by atomic mass is 16.2. The van der Waals surface area contributed by atoms with Crippen LogP contribution in [0, 0.1) is 5.41 Å². The Kier molecular flexibility index (Phi) is 1.62. The molecule has 2 amide bonds. The fourth-order valence-corrected chi connectivity index (χ4v) is 2.24. The van der Waals surface area contributed by atoms with E-state index in [0.29, 0.717) is 6.42 Å². The van der Waals surface area contributed by atoms with Crippen LogP contribution < -0.4 is 0 Å². The molecule has 4 heteroatoms. The van der Waals surface area contributed by atoms with Gasteiger partial charge >= 0.3 is 0 Å². The Labute approximate surface area is 77.5 Å². The summed E-state index contributed by atoms with van der Waals surface area (Å²) in [5, 5.41) is 0. The Bertz CT molecular complexity index is 277. The number of piperidine rings is 1. The SMILES string of the molecule is CN1CCC2(CC1=O)CN(C)C2=O. The van der Waals surface area contributed by atoms with Gasteiger partial charge in [0.05, 0.1) is 5.41 Å². The van der Waals surface area contributed by atoms with Gasteiger partial charge < -0.3 is 9.80 Å². The van der Waals surface area contributed by atoms with Crippen molar-refractivity contribution in [1.29, 1.82) is 0 Å². The molecule has 2 aliphatic heterocycles. The van der Waals surface area contributed by atoms with Crippen molar-refractivity contribution >= 4 is 11.8 Å². The Morgan fingerprint density at radius 1 is 1.23 bits per heavy atom. The van der Waals surface area contributed by atoms with E-state index in [1.54, 1.807) is 23.9 Å². The maximum absolute atomic E-state index is 11.5. The molecule has 1 spiro atoms. The highest BCUT2D eigenvalue weighted by molar-refractivity contribution is 5.94. The Balaban J connectivity index is 2.11. The highest BCUT2D eigenvalue weighted by Gasteiger charge is 2.53. The number of hydrogen-bond acceptors (Lipinski definition) is 2. The lowest BCUT2D eigenvalue weighted by Crippen LogP contribution is -2.63. The number of hydrogen-bond donors (Lipinski definition) is 0. The van der Waals surface area contributed by atoms with E-state index in [1.165, 1.54) is 0 Å². The summed E-state index contributed by atoms with van der Waals surface area (Å²) < 4.78 is 0. The summed E-state index contributed by atoms with van der Waals surface area (Å²) >= 11 is 0. The summed E-state index contributed by atoms with van der Waals surface area (Å²) in [6, 6.07) is 0. The second-order valence-corrected chi connectivity index (χ2v) is 4.18. The molecule has 0 aromatic rings. The van der Waals surface area contributed by atoms with Crippen LogP contribution in [0.3, 0.4) is 0 Å². The van der Waals surface area contributed by atoms with Gasteiger partial charge in [0.25, 0.3) is 0 Å². The lowest BCUT2D eigenvalue weighted by molar-refractivity contribution is -0.167. The van der Waals surface area contributed by atoms with Crippen LogP contribution in [0.1, 0.15) is 12.8 Å². The summed E-state index contributed by atoms with van der Waals surface area (Å²) in [6.07, 6.45) is 1.24. The molecule has 0 aromatic heterocycles. The lowest BCUT2D eigenvalue weighted by Gasteiger charge is -2.50. The molecule has 72 valence electrons. The summed E-state index contributed by atoms with van der Waals surface area (Å²) in [6.45, 7) is 1.48. The standard InChI is InChI=1S/C9H14N2O2/c1-10-4-3-9(5-7(10)12)6-11(2)8(9)13/h3-6H2,1-2H3. The quantitative estimate of drug-likeness (QED) is 0.482. The van der Waals surface area contributed by atoms with Crippen LogP contribution in [0.4, 0.5) is 0 Å². The van der Waals surface area contributed by atoms with Crippen LogP contribution in [0.25, 0.3) is 0 Å². The average molecular weight is 182 g/mol. The molecule has 1 unspecified atom stereocenters. The first-order chi connectivity index (χ1) is 6.05. The van der Waals surface area contributed by atoms with Gasteiger partial charge in [-0.1, -0.05) is 0 Å². The van der Waals surface area contributed by atoms with Crippen LogP contribution in [-0.4, -0.2) is 48.8 Å². The van der Waals surface area contributed by atoms with Crippen molar-refractivity contribution in [3.05, 3.63) is 0 Å². The van der Waals surface area contributed by atoms with Gasteiger partial charge in [-0.3, -0.25) is 9.59 Å². The van der Waals surface area contributed by atoms with Gasteiger partial charge in [0.2, 0.25) is 11.8 Å². The van der Waals surface area contributed by atoms with E-state index in [1.807, 2.05) is 0 Å². The number of β-lactam (4-membered cyclic amide) rings is 1. The van der Waals surface area contributed by atoms with Gasteiger partial charge in [0.15, 0.2) is 0 Å². The topological polar surface area (TPSA) is 40.6 Å². The minimum Gasteiger partial charge on any atom is -0.346 e. The van der Waals surface area contributed by atoms with Gasteiger partial charge in [-0.15, -0.1) is 0 Å². The Morgan fingerprint density at radius 2 is 1.92 bits per heavy atom. The van der Waals surface area contributed by atoms with Crippen molar-refractivity contribution in [2.24, 2.45) is 5.41 Å². The molecule has 1 atom stereocenters. The molecule has 2 heterocycles. The number of carbonyl (C=O) groups excluding carboxylic acids is 2.